The van der Waals surface area contributed by atoms with Crippen LogP contribution in [0.15, 0.2) is 0 Å². The fourth-order valence-electron chi connectivity index (χ4n) is 5.48. The number of hydrogen-bond acceptors (Lipinski definition) is 6. The van der Waals surface area contributed by atoms with Gasteiger partial charge < -0.3 is 31.9 Å². The fraction of sp³-hybridized carbons (Fsp3) is 0.821. The summed E-state index contributed by atoms with van der Waals surface area (Å²) in [5.41, 5.74) is 5.49. The lowest BCUT2D eigenvalue weighted by atomic mass is 9.95. The van der Waals surface area contributed by atoms with Gasteiger partial charge in [-0.15, -0.1) is 0 Å². The molecule has 6 N–H and O–H groups in total. The van der Waals surface area contributed by atoms with Gasteiger partial charge in [0.25, 0.3) is 5.92 Å². The van der Waals surface area contributed by atoms with Crippen molar-refractivity contribution in [3.05, 3.63) is 0 Å². The largest absolute Gasteiger partial charge is 0.368 e. The van der Waals surface area contributed by atoms with Crippen molar-refractivity contribution in [2.45, 2.75) is 84.2 Å². The Morgan fingerprint density at radius 1 is 1.15 bits per heavy atom. The highest BCUT2D eigenvalue weighted by Crippen LogP contribution is 2.61. The number of primary amides is 1. The molecule has 2 saturated carbocycles. The number of hydrogen-bond donors (Lipinski definition) is 5. The van der Waals surface area contributed by atoms with Gasteiger partial charge in [-0.2, -0.15) is 0 Å². The zero-order valence-electron chi connectivity index (χ0n) is 24.9. The quantitative estimate of drug-likeness (QED) is 0.158. The lowest BCUT2D eigenvalue weighted by Gasteiger charge is -2.22. The standard InChI is InChI=1S/C14H23F2N3O2.C10H15N3O3.C4H10/c1-13(2)10-6-19(7-11(10)13)12(21)5-17-4-3-14(15,16)8-18-9-20;11-8(15)7(12-5-14)3-6-4-10(1-2-10)13-9(6)16;1-4(2)3/h9-11,17H,3-8H2,1-2H3,(H,18,20);5-7H,1-4H2,(H2,11,15)(H,12,14)(H,13,16);4H,1-3H3. The van der Waals surface area contributed by atoms with Gasteiger partial charge in [-0.25, -0.2) is 8.78 Å². The van der Waals surface area contributed by atoms with Gasteiger partial charge in [-0.3, -0.25) is 24.0 Å². The number of carbonyl (C=O) groups is 5. The Bertz CT molecular complexity index is 926. The molecule has 0 radical (unpaired) electrons. The lowest BCUT2D eigenvalue weighted by molar-refractivity contribution is -0.130. The van der Waals surface area contributed by atoms with Gasteiger partial charge in [0.1, 0.15) is 6.04 Å². The first-order valence-electron chi connectivity index (χ1n) is 14.4. The molecular weight excluding hydrogens is 538 g/mol. The van der Waals surface area contributed by atoms with E-state index in [0.29, 0.717) is 30.1 Å². The van der Waals surface area contributed by atoms with Crippen molar-refractivity contribution in [2.24, 2.45) is 34.8 Å². The first kappa shape index (κ1) is 34.4. The van der Waals surface area contributed by atoms with Crippen molar-refractivity contribution in [1.29, 1.82) is 0 Å². The van der Waals surface area contributed by atoms with Gasteiger partial charge in [-0.1, -0.05) is 34.6 Å². The fourth-order valence-corrected chi connectivity index (χ4v) is 5.48. The first-order valence-corrected chi connectivity index (χ1v) is 14.4. The molecule has 234 valence electrons. The predicted octanol–water partition coefficient (Wildman–Crippen LogP) is 0.769. The van der Waals surface area contributed by atoms with Gasteiger partial charge in [0.2, 0.25) is 30.5 Å². The molecule has 2 heterocycles. The lowest BCUT2D eigenvalue weighted by Crippen LogP contribution is -2.42. The molecule has 11 nitrogen and oxygen atoms in total. The van der Waals surface area contributed by atoms with E-state index in [1.807, 2.05) is 10.2 Å². The second-order valence-corrected chi connectivity index (χ2v) is 13.0. The summed E-state index contributed by atoms with van der Waals surface area (Å²) in [6, 6.07) is -0.748. The van der Waals surface area contributed by atoms with Gasteiger partial charge in [0, 0.05) is 37.5 Å². The number of fused-ring (bicyclic) bond motifs is 1. The summed E-state index contributed by atoms with van der Waals surface area (Å²) in [4.78, 5) is 56.7. The summed E-state index contributed by atoms with van der Waals surface area (Å²) >= 11 is 0. The zero-order chi connectivity index (χ0) is 31.0. The third-order valence-corrected chi connectivity index (χ3v) is 8.25. The Morgan fingerprint density at radius 3 is 2.20 bits per heavy atom. The zero-order valence-corrected chi connectivity index (χ0v) is 24.9. The number of nitrogens with zero attached hydrogens (tertiary/aromatic N) is 1. The van der Waals surface area contributed by atoms with Gasteiger partial charge in [-0.05, 0) is 48.9 Å². The normalized spacial score (nSPS) is 25.0. The summed E-state index contributed by atoms with van der Waals surface area (Å²) in [7, 11) is 0. The van der Waals surface area contributed by atoms with Crippen LogP contribution in [0.1, 0.15) is 66.7 Å². The van der Waals surface area contributed by atoms with Crippen LogP contribution < -0.4 is 27.0 Å². The summed E-state index contributed by atoms with van der Waals surface area (Å²) in [5, 5.41) is 10.0. The molecule has 0 aromatic heterocycles. The number of rotatable bonds is 13. The highest BCUT2D eigenvalue weighted by Gasteiger charge is 2.62. The van der Waals surface area contributed by atoms with Crippen LogP contribution in [0.5, 0.6) is 0 Å². The van der Waals surface area contributed by atoms with E-state index in [9.17, 15) is 32.8 Å². The van der Waals surface area contributed by atoms with E-state index in [4.69, 9.17) is 5.73 Å². The van der Waals surface area contributed by atoms with Crippen LogP contribution in [-0.4, -0.2) is 85.7 Å². The number of halogens is 2. The van der Waals surface area contributed by atoms with Crippen molar-refractivity contribution in [2.75, 3.05) is 32.7 Å². The van der Waals surface area contributed by atoms with Crippen LogP contribution in [0.2, 0.25) is 0 Å². The summed E-state index contributed by atoms with van der Waals surface area (Å²) in [5.74, 6) is -1.79. The van der Waals surface area contributed by atoms with Crippen molar-refractivity contribution in [1.82, 2.24) is 26.2 Å². The van der Waals surface area contributed by atoms with Crippen LogP contribution in [0.4, 0.5) is 8.78 Å². The van der Waals surface area contributed by atoms with Crippen molar-refractivity contribution in [3.8, 4) is 0 Å². The Hall–Kier alpha value is -2.83. The molecular formula is C28H48F2N6O5. The molecule has 0 aromatic rings. The SMILES string of the molecule is CC(C)C.CC1(C)C2CN(C(=O)CNCCC(F)(F)CNC=O)CC21.NC(=O)C(CC1CC2(CC2)NC1=O)NC=O. The van der Waals surface area contributed by atoms with E-state index in [0.717, 1.165) is 38.3 Å². The number of nitrogens with one attached hydrogen (secondary N) is 4. The van der Waals surface area contributed by atoms with E-state index < -0.39 is 30.8 Å². The van der Waals surface area contributed by atoms with E-state index in [2.05, 4.69) is 50.6 Å². The molecule has 4 fully saturated rings. The second kappa shape index (κ2) is 14.4. The average Bonchev–Trinajstić information content (AvgIpc) is 3.55. The number of amides is 5. The van der Waals surface area contributed by atoms with E-state index in [-0.39, 0.29) is 42.8 Å². The maximum absolute atomic E-state index is 13.2. The number of alkyl halides is 2. The predicted molar refractivity (Wildman–Crippen MR) is 149 cm³/mol. The van der Waals surface area contributed by atoms with Crippen LogP contribution in [0.25, 0.3) is 0 Å². The minimum Gasteiger partial charge on any atom is -0.368 e. The molecule has 2 aliphatic heterocycles. The summed E-state index contributed by atoms with van der Waals surface area (Å²) in [6.07, 6.45) is 3.35. The van der Waals surface area contributed by atoms with Crippen molar-refractivity contribution < 1.29 is 32.8 Å². The minimum absolute atomic E-state index is 0.00880. The first-order chi connectivity index (χ1) is 19.1. The third kappa shape index (κ3) is 10.5. The number of carbonyl (C=O) groups excluding carboxylic acids is 5. The van der Waals surface area contributed by atoms with Crippen molar-refractivity contribution in [3.63, 3.8) is 0 Å². The Kier molecular flexibility index (Phi) is 12.0. The molecule has 13 heteroatoms. The molecule has 5 amide bonds. The average molecular weight is 587 g/mol. The van der Waals surface area contributed by atoms with Crippen LogP contribution >= 0.6 is 0 Å². The van der Waals surface area contributed by atoms with E-state index in [1.165, 1.54) is 0 Å². The topological polar surface area (TPSA) is 163 Å². The van der Waals surface area contributed by atoms with Crippen LogP contribution in [0, 0.1) is 29.1 Å². The Morgan fingerprint density at radius 2 is 1.73 bits per heavy atom. The van der Waals surface area contributed by atoms with Gasteiger partial charge in [0.15, 0.2) is 0 Å². The molecule has 0 bridgehead atoms. The number of piperidine rings is 1. The Labute approximate surface area is 241 Å². The summed E-state index contributed by atoms with van der Waals surface area (Å²) < 4.78 is 26.4. The van der Waals surface area contributed by atoms with E-state index >= 15 is 0 Å². The molecule has 1 spiro atoms. The maximum atomic E-state index is 13.2. The number of nitrogens with two attached hydrogens (primary N) is 1. The minimum atomic E-state index is -2.95. The summed E-state index contributed by atoms with van der Waals surface area (Å²) in [6.45, 7) is 12.0. The van der Waals surface area contributed by atoms with Gasteiger partial charge >= 0.3 is 0 Å². The van der Waals surface area contributed by atoms with E-state index in [1.54, 1.807) is 0 Å². The molecule has 4 rings (SSSR count). The smallest absolute Gasteiger partial charge is 0.266 e. The molecule has 41 heavy (non-hydrogen) atoms. The van der Waals surface area contributed by atoms with Gasteiger partial charge in [0.05, 0.1) is 13.1 Å². The third-order valence-electron chi connectivity index (χ3n) is 8.25. The van der Waals surface area contributed by atoms with Crippen LogP contribution in [0.3, 0.4) is 0 Å². The molecule has 2 saturated heterocycles. The molecule has 4 aliphatic rings. The second-order valence-electron chi connectivity index (χ2n) is 13.0. The molecule has 0 aromatic carbocycles. The highest BCUT2D eigenvalue weighted by atomic mass is 19.3. The highest BCUT2D eigenvalue weighted by molar-refractivity contribution is 5.86. The van der Waals surface area contributed by atoms with Crippen LogP contribution in [-0.2, 0) is 24.0 Å². The molecule has 2 aliphatic carbocycles. The number of likely N-dealkylation sites (tertiary alicyclic amines) is 1. The monoisotopic (exact) mass is 586 g/mol. The molecule has 4 unspecified atom stereocenters. The Balaban J connectivity index is 0.000000261. The molecule has 4 atom stereocenters. The maximum Gasteiger partial charge on any atom is 0.266 e. The van der Waals surface area contributed by atoms with Crippen molar-refractivity contribution >= 4 is 30.5 Å².